The van der Waals surface area contributed by atoms with Crippen molar-refractivity contribution in [3.63, 3.8) is 0 Å². The molecular weight excluding hydrogens is 863 g/mol. The second kappa shape index (κ2) is 41.3. The Bertz CT molecular complexity index is 1550. The van der Waals surface area contributed by atoms with Crippen LogP contribution in [0.4, 0.5) is 10.5 Å². The average Bonchev–Trinajstić information content (AvgIpc) is 3.34. The molecule has 0 radical (unpaired) electrons. The van der Waals surface area contributed by atoms with Crippen molar-refractivity contribution < 1.29 is 47.8 Å². The molecule has 1 saturated carbocycles. The Kier molecular flexibility index (Phi) is 36.0. The van der Waals surface area contributed by atoms with Crippen molar-refractivity contribution in [1.82, 2.24) is 0 Å². The number of non-ortho nitro benzene ring substituents is 1. The first-order chi connectivity index (χ1) is 33.2. The number of ether oxygens (including phenoxy) is 5. The van der Waals surface area contributed by atoms with Crippen LogP contribution in [0.15, 0.2) is 72.9 Å². The Hall–Kier alpha value is -4.74. The third-order valence-electron chi connectivity index (χ3n) is 12.1. The number of hydrogen-bond donors (Lipinski definition) is 0. The number of nitrogens with zero attached hydrogens (tertiary/aromatic N) is 1. The highest BCUT2D eigenvalue weighted by Gasteiger charge is 2.29. The molecule has 382 valence electrons. The summed E-state index contributed by atoms with van der Waals surface area (Å²) in [6, 6.07) is 5.11. The molecule has 12 heteroatoms. The zero-order valence-electron chi connectivity index (χ0n) is 41.9. The molecule has 1 unspecified atom stereocenters. The predicted octanol–water partition coefficient (Wildman–Crippen LogP) is 15.5. The first kappa shape index (κ1) is 59.4. The number of carbonyl (C=O) groups is 4. The minimum Gasteiger partial charge on any atom is -0.462 e. The number of hydrogen-bond acceptors (Lipinski definition) is 11. The van der Waals surface area contributed by atoms with Crippen molar-refractivity contribution >= 4 is 29.8 Å². The second-order valence-corrected chi connectivity index (χ2v) is 18.1. The molecule has 0 aromatic heterocycles. The van der Waals surface area contributed by atoms with E-state index in [0.717, 1.165) is 122 Å². The summed E-state index contributed by atoms with van der Waals surface area (Å²) in [5.74, 6) is -1.28. The fourth-order valence-electron chi connectivity index (χ4n) is 8.08. The lowest BCUT2D eigenvalue weighted by Crippen LogP contribution is -2.33. The minimum atomic E-state index is -0.995. The lowest BCUT2D eigenvalue weighted by atomic mass is 9.83. The van der Waals surface area contributed by atoms with Gasteiger partial charge in [-0.1, -0.05) is 146 Å². The smallest absolute Gasteiger partial charge is 0.462 e. The van der Waals surface area contributed by atoms with Crippen molar-refractivity contribution in [3.8, 4) is 5.75 Å². The molecule has 2 rings (SSSR count). The molecule has 0 amide bonds. The van der Waals surface area contributed by atoms with Gasteiger partial charge in [-0.15, -0.1) is 0 Å². The lowest BCUT2D eigenvalue weighted by molar-refractivity contribution is -0.384. The van der Waals surface area contributed by atoms with Crippen molar-refractivity contribution in [3.05, 3.63) is 83.0 Å². The summed E-state index contributed by atoms with van der Waals surface area (Å²) < 4.78 is 27.9. The monoisotopic (exact) mass is 950 g/mol. The molecule has 0 bridgehead atoms. The van der Waals surface area contributed by atoms with Crippen molar-refractivity contribution in [2.45, 2.75) is 225 Å². The number of unbranched alkanes of at least 4 members (excludes halogenated alkanes) is 16. The van der Waals surface area contributed by atoms with E-state index in [1.54, 1.807) is 0 Å². The lowest BCUT2D eigenvalue weighted by Gasteiger charge is -2.29. The first-order valence-electron chi connectivity index (χ1n) is 26.4. The fourth-order valence-corrected chi connectivity index (χ4v) is 8.08. The van der Waals surface area contributed by atoms with Gasteiger partial charge in [0.2, 0.25) is 0 Å². The minimum absolute atomic E-state index is 0.0158. The molecule has 1 aliphatic rings. The molecular formula is C56H87NO11. The van der Waals surface area contributed by atoms with E-state index in [1.807, 2.05) is 0 Å². The van der Waals surface area contributed by atoms with Gasteiger partial charge in [0.15, 0.2) is 6.10 Å². The van der Waals surface area contributed by atoms with Crippen LogP contribution in [0, 0.1) is 16.0 Å². The maximum atomic E-state index is 13.3. The molecule has 0 N–H and O–H groups in total. The summed E-state index contributed by atoms with van der Waals surface area (Å²) in [6.45, 7) is 3.95. The van der Waals surface area contributed by atoms with E-state index in [2.05, 4.69) is 62.5 Å². The summed E-state index contributed by atoms with van der Waals surface area (Å²) in [7, 11) is 0. The molecule has 1 aromatic rings. The number of allylic oxidation sites excluding steroid dienone is 8. The quantitative estimate of drug-likeness (QED) is 0.0117. The van der Waals surface area contributed by atoms with Gasteiger partial charge in [-0.3, -0.25) is 24.5 Å². The number of rotatable bonds is 40. The van der Waals surface area contributed by atoms with Gasteiger partial charge in [0.25, 0.3) is 5.69 Å². The van der Waals surface area contributed by atoms with Crippen molar-refractivity contribution in [2.75, 3.05) is 13.2 Å². The molecule has 1 aromatic carbocycles. The zero-order valence-corrected chi connectivity index (χ0v) is 41.9. The van der Waals surface area contributed by atoms with Gasteiger partial charge in [-0.2, -0.15) is 0 Å². The molecule has 1 aliphatic carbocycles. The largest absolute Gasteiger partial charge is 0.514 e. The Morgan fingerprint density at radius 3 is 1.50 bits per heavy atom. The van der Waals surface area contributed by atoms with Gasteiger partial charge in [0.05, 0.1) is 4.92 Å². The zero-order chi connectivity index (χ0) is 49.1. The van der Waals surface area contributed by atoms with E-state index >= 15 is 0 Å². The highest BCUT2D eigenvalue weighted by Crippen LogP contribution is 2.31. The van der Waals surface area contributed by atoms with Crippen LogP contribution in [0.5, 0.6) is 5.75 Å². The summed E-state index contributed by atoms with van der Waals surface area (Å²) in [6.07, 6.45) is 44.3. The number of carbonyl (C=O) groups excluding carboxylic acids is 4. The molecule has 0 spiro atoms. The SMILES string of the molecule is CCCCC/C=C\C/C=C\CCCCCCCC(=O)OCC(COC(=O)CCCCCCC/C=C\C/C=C\CCCCC)OC(=O)CCC(OC(=O)Oc1ccc([N+](=O)[O-])cc1)C1CCCCC1. The summed E-state index contributed by atoms with van der Waals surface area (Å²) in [4.78, 5) is 62.2. The topological polar surface area (TPSA) is 158 Å². The van der Waals surface area contributed by atoms with Crippen LogP contribution in [-0.2, 0) is 33.3 Å². The van der Waals surface area contributed by atoms with Gasteiger partial charge < -0.3 is 23.7 Å². The maximum absolute atomic E-state index is 13.3. The van der Waals surface area contributed by atoms with E-state index in [0.29, 0.717) is 12.8 Å². The highest BCUT2D eigenvalue weighted by molar-refractivity contribution is 5.71. The van der Waals surface area contributed by atoms with E-state index in [4.69, 9.17) is 23.7 Å². The van der Waals surface area contributed by atoms with Gasteiger partial charge >= 0.3 is 24.1 Å². The van der Waals surface area contributed by atoms with Crippen molar-refractivity contribution in [2.24, 2.45) is 5.92 Å². The van der Waals surface area contributed by atoms with Gasteiger partial charge in [0.1, 0.15) is 25.1 Å². The molecule has 1 atom stereocenters. The Labute approximate surface area is 409 Å². The van der Waals surface area contributed by atoms with Crippen LogP contribution < -0.4 is 4.74 Å². The number of benzene rings is 1. The summed E-state index contributed by atoms with van der Waals surface area (Å²) in [5.41, 5.74) is -0.138. The maximum Gasteiger partial charge on any atom is 0.514 e. The summed E-state index contributed by atoms with van der Waals surface area (Å²) >= 11 is 0. The number of nitro benzene ring substituents is 1. The van der Waals surface area contributed by atoms with E-state index in [1.165, 1.54) is 62.8 Å². The average molecular weight is 950 g/mol. The van der Waals surface area contributed by atoms with Crippen molar-refractivity contribution in [1.29, 1.82) is 0 Å². The van der Waals surface area contributed by atoms with Crippen LogP contribution in [0.1, 0.15) is 213 Å². The van der Waals surface area contributed by atoms with E-state index in [-0.39, 0.29) is 56.3 Å². The Balaban J connectivity index is 1.82. The van der Waals surface area contributed by atoms with Crippen LogP contribution >= 0.6 is 0 Å². The normalized spacial score (nSPS) is 13.8. The van der Waals surface area contributed by atoms with E-state index in [9.17, 15) is 29.3 Å². The van der Waals surface area contributed by atoms with Gasteiger partial charge in [0, 0.05) is 31.4 Å². The Morgan fingerprint density at radius 1 is 0.574 bits per heavy atom. The molecule has 1 fully saturated rings. The van der Waals surface area contributed by atoms with Gasteiger partial charge in [-0.05, 0) is 114 Å². The number of esters is 3. The molecule has 12 nitrogen and oxygen atoms in total. The third kappa shape index (κ3) is 32.9. The van der Waals surface area contributed by atoms with Crippen LogP contribution in [0.3, 0.4) is 0 Å². The number of nitro groups is 1. The van der Waals surface area contributed by atoms with Crippen LogP contribution in [0.2, 0.25) is 0 Å². The second-order valence-electron chi connectivity index (χ2n) is 18.1. The first-order valence-corrected chi connectivity index (χ1v) is 26.4. The molecule has 0 saturated heterocycles. The Morgan fingerprint density at radius 2 is 1.03 bits per heavy atom. The van der Waals surface area contributed by atoms with Crippen LogP contribution in [-0.4, -0.2) is 54.4 Å². The van der Waals surface area contributed by atoms with E-state index < -0.39 is 41.2 Å². The highest BCUT2D eigenvalue weighted by atomic mass is 16.7. The standard InChI is InChI=1S/C56H87NO11/c1-3-5-7-9-11-13-15-17-19-21-23-25-27-29-34-38-53(58)64-46-51(47-65-54(59)39-35-30-28-26-24-22-20-18-16-14-12-10-8-6-4-2)66-55(60)45-44-52(48-36-32-31-33-37-48)68-56(61)67-50-42-40-49(41-43-50)57(62)63/h11-14,17-20,40-43,48,51-52H,3-10,15-16,21-39,44-47H2,1-2H3/b13-11-,14-12-,19-17-,20-18-. The van der Waals surface area contributed by atoms with Crippen LogP contribution in [0.25, 0.3) is 0 Å². The summed E-state index contributed by atoms with van der Waals surface area (Å²) in [5, 5.41) is 11.0. The predicted molar refractivity (Wildman–Crippen MR) is 270 cm³/mol. The van der Waals surface area contributed by atoms with Gasteiger partial charge in [-0.25, -0.2) is 4.79 Å². The molecule has 68 heavy (non-hydrogen) atoms. The fraction of sp³-hybridized carbons (Fsp3) is 0.679. The third-order valence-corrected chi connectivity index (χ3v) is 12.1. The molecule has 0 aliphatic heterocycles. The molecule has 0 heterocycles.